The van der Waals surface area contributed by atoms with Crippen molar-refractivity contribution in [2.24, 2.45) is 0 Å². The summed E-state index contributed by atoms with van der Waals surface area (Å²) in [6.45, 7) is 3.52. The van der Waals surface area contributed by atoms with E-state index in [1.807, 2.05) is 12.1 Å². The van der Waals surface area contributed by atoms with Crippen molar-refractivity contribution in [1.82, 2.24) is 20.1 Å². The average Bonchev–Trinajstić information content (AvgIpc) is 3.54. The molecule has 0 fully saturated rings. The Kier molecular flexibility index (Phi) is 10.9. The molecule has 246 valence electrons. The normalized spacial score (nSPS) is 12.5. The number of thiophene rings is 1. The molecule has 2 aromatic carbocycles. The number of rotatable bonds is 12. The summed E-state index contributed by atoms with van der Waals surface area (Å²) in [5.41, 5.74) is 2.42. The van der Waals surface area contributed by atoms with Crippen molar-refractivity contribution in [3.63, 3.8) is 0 Å². The van der Waals surface area contributed by atoms with Gasteiger partial charge in [0.05, 0.1) is 42.2 Å². The first-order valence-electron chi connectivity index (χ1n) is 15.1. The van der Waals surface area contributed by atoms with Crippen molar-refractivity contribution in [3.8, 4) is 11.4 Å². The fourth-order valence-corrected chi connectivity index (χ4v) is 7.37. The van der Waals surface area contributed by atoms with E-state index in [-0.39, 0.29) is 36.1 Å². The lowest BCUT2D eigenvalue weighted by atomic mass is 10.1. The molecule has 0 atom stereocenters. The van der Waals surface area contributed by atoms with Gasteiger partial charge < -0.3 is 20.1 Å². The Hall–Kier alpha value is -4.76. The van der Waals surface area contributed by atoms with E-state index < -0.39 is 16.8 Å². The number of anilines is 1. The third-order valence-corrected chi connectivity index (χ3v) is 9.72. The quantitative estimate of drug-likeness (QED) is 0.0627. The second-order valence-corrected chi connectivity index (χ2v) is 12.7. The monoisotopic (exact) mass is 678 g/mol. The number of amides is 2. The summed E-state index contributed by atoms with van der Waals surface area (Å²) in [5, 5.41) is 26.5. The van der Waals surface area contributed by atoms with Gasteiger partial charge in [-0.05, 0) is 63.3 Å². The van der Waals surface area contributed by atoms with E-state index in [0.717, 1.165) is 54.3 Å². The van der Waals surface area contributed by atoms with Crippen molar-refractivity contribution in [3.05, 3.63) is 85.5 Å². The minimum absolute atomic E-state index is 0.0441. The van der Waals surface area contributed by atoms with E-state index in [9.17, 15) is 24.5 Å². The van der Waals surface area contributed by atoms with Gasteiger partial charge in [0, 0.05) is 22.1 Å². The molecule has 15 heteroatoms. The number of ether oxygens (including phenoxy) is 2. The number of aromatic nitrogens is 3. The zero-order chi connectivity index (χ0) is 33.5. The van der Waals surface area contributed by atoms with Crippen LogP contribution in [0.2, 0.25) is 0 Å². The Morgan fingerprint density at radius 1 is 1.11 bits per heavy atom. The highest BCUT2D eigenvalue weighted by molar-refractivity contribution is 7.99. The number of hydrogen-bond acceptors (Lipinski definition) is 11. The number of hydrogen-bond donors (Lipinski definition) is 2. The number of fused-ring (bicyclic) bond motifs is 1. The molecule has 0 saturated heterocycles. The summed E-state index contributed by atoms with van der Waals surface area (Å²) in [5.74, 6) is -0.473. The zero-order valence-electron chi connectivity index (χ0n) is 26.2. The standard InChI is InChI=1S/C32H34N6O7S2/c1-4-45-31(41)28-21-10-6-5-7-13-25(21)47-30(28)34-27(39)18-46-32-36-35-26(37(32)22-11-8-9-12-24(22)44-3)17-33-29(40)20-15-14-19(2)23(16-20)38(42)43/h8-9,11-12,14-16H,4-7,10,13,17-18H2,1-3H3,(H,33,40)(H,34,39). The van der Waals surface area contributed by atoms with Gasteiger partial charge in [0.25, 0.3) is 11.6 Å². The summed E-state index contributed by atoms with van der Waals surface area (Å²) >= 11 is 2.56. The number of nitro benzene ring substituents is 1. The smallest absolute Gasteiger partial charge is 0.341 e. The molecule has 5 rings (SSSR count). The molecule has 0 radical (unpaired) electrons. The van der Waals surface area contributed by atoms with E-state index in [0.29, 0.717) is 38.5 Å². The van der Waals surface area contributed by atoms with Crippen molar-refractivity contribution < 1.29 is 28.8 Å². The Morgan fingerprint density at radius 3 is 2.66 bits per heavy atom. The van der Waals surface area contributed by atoms with E-state index in [1.165, 1.54) is 36.6 Å². The SMILES string of the molecule is CCOC(=O)c1c(NC(=O)CSc2nnc(CNC(=O)c3ccc(C)c([N+](=O)[O-])c3)n2-c2ccccc2OC)sc2c1CCCCC2. The summed E-state index contributed by atoms with van der Waals surface area (Å²) in [6, 6.07) is 11.4. The predicted molar refractivity (Wildman–Crippen MR) is 178 cm³/mol. The molecule has 2 amide bonds. The maximum atomic E-state index is 13.3. The first-order valence-corrected chi connectivity index (χ1v) is 16.9. The van der Waals surface area contributed by atoms with Crippen LogP contribution in [0.3, 0.4) is 0 Å². The second-order valence-electron chi connectivity index (χ2n) is 10.7. The number of carbonyl (C=O) groups is 3. The second kappa shape index (κ2) is 15.2. The molecule has 47 heavy (non-hydrogen) atoms. The fraction of sp³-hybridized carbons (Fsp3) is 0.344. The molecule has 1 aliphatic carbocycles. The molecule has 2 aromatic heterocycles. The highest BCUT2D eigenvalue weighted by Crippen LogP contribution is 2.38. The number of para-hydroxylation sites is 2. The van der Waals surface area contributed by atoms with E-state index in [2.05, 4.69) is 20.8 Å². The van der Waals surface area contributed by atoms with E-state index in [1.54, 1.807) is 30.5 Å². The molecule has 0 spiro atoms. The van der Waals surface area contributed by atoms with Crippen LogP contribution in [0.5, 0.6) is 5.75 Å². The molecule has 2 heterocycles. The molecule has 0 saturated carbocycles. The van der Waals surface area contributed by atoms with Gasteiger partial charge in [0.2, 0.25) is 5.91 Å². The van der Waals surface area contributed by atoms with Crippen LogP contribution in [-0.2, 0) is 28.9 Å². The number of methoxy groups -OCH3 is 1. The van der Waals surface area contributed by atoms with Gasteiger partial charge in [-0.2, -0.15) is 0 Å². The molecule has 0 unspecified atom stereocenters. The topological polar surface area (TPSA) is 168 Å². The number of esters is 1. The van der Waals surface area contributed by atoms with E-state index >= 15 is 0 Å². The minimum Gasteiger partial charge on any atom is -0.495 e. The predicted octanol–water partition coefficient (Wildman–Crippen LogP) is 5.66. The number of thioether (sulfide) groups is 1. The van der Waals surface area contributed by atoms with Gasteiger partial charge in [-0.1, -0.05) is 36.4 Å². The van der Waals surface area contributed by atoms with Crippen molar-refractivity contribution >= 4 is 51.6 Å². The van der Waals surface area contributed by atoms with Crippen molar-refractivity contribution in [1.29, 1.82) is 0 Å². The molecule has 2 N–H and O–H groups in total. The summed E-state index contributed by atoms with van der Waals surface area (Å²) in [6.07, 6.45) is 4.73. The first kappa shape index (κ1) is 33.6. The van der Waals surface area contributed by atoms with Gasteiger partial charge >= 0.3 is 5.97 Å². The molecule has 4 aromatic rings. The maximum Gasteiger partial charge on any atom is 0.341 e. The summed E-state index contributed by atoms with van der Waals surface area (Å²) in [4.78, 5) is 51.1. The highest BCUT2D eigenvalue weighted by Gasteiger charge is 2.27. The maximum absolute atomic E-state index is 13.3. The van der Waals surface area contributed by atoms with Crippen LogP contribution in [0.15, 0.2) is 47.6 Å². The Bertz CT molecular complexity index is 1820. The third-order valence-electron chi connectivity index (χ3n) is 7.59. The number of nitro groups is 1. The van der Waals surface area contributed by atoms with Gasteiger partial charge in [-0.25, -0.2) is 4.79 Å². The van der Waals surface area contributed by atoms with Crippen LogP contribution >= 0.6 is 23.1 Å². The van der Waals surface area contributed by atoms with E-state index in [4.69, 9.17) is 9.47 Å². The lowest BCUT2D eigenvalue weighted by molar-refractivity contribution is -0.385. The van der Waals surface area contributed by atoms with Crippen LogP contribution in [0.1, 0.15) is 68.7 Å². The number of nitrogens with zero attached hydrogens (tertiary/aromatic N) is 4. The summed E-state index contributed by atoms with van der Waals surface area (Å²) < 4.78 is 12.6. The Morgan fingerprint density at radius 2 is 1.89 bits per heavy atom. The molecular weight excluding hydrogens is 645 g/mol. The molecule has 0 bridgehead atoms. The molecule has 0 aliphatic heterocycles. The van der Waals surface area contributed by atoms with Crippen molar-refractivity contribution in [2.45, 2.75) is 57.7 Å². The third kappa shape index (κ3) is 7.63. The average molecular weight is 679 g/mol. The minimum atomic E-state index is -0.532. The van der Waals surface area contributed by atoms with Crippen LogP contribution < -0.4 is 15.4 Å². The highest BCUT2D eigenvalue weighted by atomic mass is 32.2. The first-order chi connectivity index (χ1) is 22.7. The molecular formula is C32H34N6O7S2. The number of aryl methyl sites for hydroxylation is 2. The van der Waals surface area contributed by atoms with Gasteiger partial charge in [-0.3, -0.25) is 24.3 Å². The zero-order valence-corrected chi connectivity index (χ0v) is 27.8. The number of benzene rings is 2. The van der Waals surface area contributed by atoms with Crippen LogP contribution in [0.4, 0.5) is 10.7 Å². The van der Waals surface area contributed by atoms with Crippen LogP contribution in [-0.4, -0.2) is 56.9 Å². The van der Waals surface area contributed by atoms with Gasteiger partial charge in [-0.15, -0.1) is 21.5 Å². The Balaban J connectivity index is 1.36. The van der Waals surface area contributed by atoms with Gasteiger partial charge in [0.15, 0.2) is 11.0 Å². The Labute approximate surface area is 279 Å². The van der Waals surface area contributed by atoms with Crippen molar-refractivity contribution in [2.75, 3.05) is 24.8 Å². The summed E-state index contributed by atoms with van der Waals surface area (Å²) in [7, 11) is 1.53. The largest absolute Gasteiger partial charge is 0.495 e. The molecule has 13 nitrogen and oxygen atoms in total. The van der Waals surface area contributed by atoms with Crippen LogP contribution in [0.25, 0.3) is 5.69 Å². The molecule has 1 aliphatic rings. The lowest BCUT2D eigenvalue weighted by Crippen LogP contribution is -2.25. The van der Waals surface area contributed by atoms with Gasteiger partial charge in [0.1, 0.15) is 10.8 Å². The number of nitrogens with one attached hydrogen (secondary N) is 2. The van der Waals surface area contributed by atoms with Crippen LogP contribution in [0, 0.1) is 17.0 Å². The number of carbonyl (C=O) groups excluding carboxylic acids is 3. The fourth-order valence-electron chi connectivity index (χ4n) is 5.32. The lowest BCUT2D eigenvalue weighted by Gasteiger charge is -2.14.